The molecule has 1 heterocycles. The number of nitriles is 1. The zero-order valence-electron chi connectivity index (χ0n) is 12.3. The van der Waals surface area contributed by atoms with Crippen LogP contribution in [0.25, 0.3) is 0 Å². The highest BCUT2D eigenvalue weighted by Gasteiger charge is 2.24. The largest absolute Gasteiger partial charge is 0.445 e. The predicted octanol–water partition coefficient (Wildman–Crippen LogP) is 1.82. The van der Waals surface area contributed by atoms with E-state index in [0.717, 1.165) is 5.56 Å². The summed E-state index contributed by atoms with van der Waals surface area (Å²) in [5.41, 5.74) is 0.953. The maximum atomic E-state index is 12.0. The zero-order chi connectivity index (χ0) is 15.8. The van der Waals surface area contributed by atoms with Crippen LogP contribution in [0.4, 0.5) is 4.79 Å². The van der Waals surface area contributed by atoms with E-state index in [-0.39, 0.29) is 31.1 Å². The van der Waals surface area contributed by atoms with Gasteiger partial charge in [-0.15, -0.1) is 0 Å². The molecule has 1 aromatic carbocycles. The molecule has 0 bridgehead atoms. The van der Waals surface area contributed by atoms with Crippen molar-refractivity contribution in [2.75, 3.05) is 13.1 Å². The Morgan fingerprint density at radius 1 is 1.27 bits per heavy atom. The number of piperidine rings is 1. The molecule has 6 nitrogen and oxygen atoms in total. The average molecular weight is 301 g/mol. The molecule has 2 rings (SSSR count). The van der Waals surface area contributed by atoms with Crippen LogP contribution in [0.3, 0.4) is 0 Å². The molecule has 0 spiro atoms. The monoisotopic (exact) mass is 301 g/mol. The molecule has 0 radical (unpaired) electrons. The second-order valence-electron chi connectivity index (χ2n) is 5.20. The lowest BCUT2D eigenvalue weighted by molar-refractivity contribution is -0.121. The van der Waals surface area contributed by atoms with Crippen LogP contribution in [0, 0.1) is 11.3 Å². The predicted molar refractivity (Wildman–Crippen MR) is 79.6 cm³/mol. The number of rotatable bonds is 4. The lowest BCUT2D eigenvalue weighted by Crippen LogP contribution is -2.46. The minimum atomic E-state index is -0.328. The van der Waals surface area contributed by atoms with Crippen LogP contribution in [0.5, 0.6) is 0 Å². The van der Waals surface area contributed by atoms with E-state index in [4.69, 9.17) is 10.00 Å². The van der Waals surface area contributed by atoms with Gasteiger partial charge in [-0.25, -0.2) is 4.79 Å². The Kier molecular flexibility index (Phi) is 5.78. The Bertz CT molecular complexity index is 546. The number of carbonyl (C=O) groups excluding carboxylic acids is 2. The van der Waals surface area contributed by atoms with Gasteiger partial charge in [-0.1, -0.05) is 30.3 Å². The fourth-order valence-corrected chi connectivity index (χ4v) is 2.37. The normalized spacial score (nSPS) is 15.0. The van der Waals surface area contributed by atoms with Crippen molar-refractivity contribution in [2.24, 2.45) is 0 Å². The van der Waals surface area contributed by atoms with E-state index in [1.807, 2.05) is 36.4 Å². The topological polar surface area (TPSA) is 82.4 Å². The van der Waals surface area contributed by atoms with Gasteiger partial charge < -0.3 is 15.0 Å². The van der Waals surface area contributed by atoms with E-state index in [9.17, 15) is 9.59 Å². The Morgan fingerprint density at radius 2 is 1.95 bits per heavy atom. The molecule has 0 aromatic heterocycles. The van der Waals surface area contributed by atoms with Gasteiger partial charge in [0.25, 0.3) is 0 Å². The van der Waals surface area contributed by atoms with Crippen molar-refractivity contribution in [1.82, 2.24) is 10.2 Å². The van der Waals surface area contributed by atoms with Gasteiger partial charge >= 0.3 is 6.09 Å². The molecule has 0 unspecified atom stereocenters. The summed E-state index contributed by atoms with van der Waals surface area (Å²) in [5, 5.41) is 11.3. The van der Waals surface area contributed by atoms with E-state index >= 15 is 0 Å². The molecule has 116 valence electrons. The SMILES string of the molecule is N#CCC(=O)NC1CCN(C(=O)OCc2ccccc2)CC1. The zero-order valence-corrected chi connectivity index (χ0v) is 12.3. The summed E-state index contributed by atoms with van der Waals surface area (Å²) in [6, 6.07) is 11.4. The third-order valence-corrected chi connectivity index (χ3v) is 3.56. The number of nitrogens with zero attached hydrogens (tertiary/aromatic N) is 2. The van der Waals surface area contributed by atoms with E-state index in [1.165, 1.54) is 0 Å². The highest BCUT2D eigenvalue weighted by atomic mass is 16.6. The molecule has 6 heteroatoms. The molecule has 1 saturated heterocycles. The van der Waals surface area contributed by atoms with Gasteiger partial charge in [0.15, 0.2) is 0 Å². The smallest absolute Gasteiger partial charge is 0.410 e. The quantitative estimate of drug-likeness (QED) is 0.919. The molecule has 0 aliphatic carbocycles. The van der Waals surface area contributed by atoms with E-state index < -0.39 is 0 Å². The highest BCUT2D eigenvalue weighted by molar-refractivity contribution is 5.78. The van der Waals surface area contributed by atoms with Gasteiger partial charge in [0, 0.05) is 19.1 Å². The van der Waals surface area contributed by atoms with Gasteiger partial charge in [0.05, 0.1) is 6.07 Å². The first-order valence-electron chi connectivity index (χ1n) is 7.31. The maximum absolute atomic E-state index is 12.0. The van der Waals surface area contributed by atoms with Crippen LogP contribution in [-0.2, 0) is 16.1 Å². The second-order valence-corrected chi connectivity index (χ2v) is 5.20. The van der Waals surface area contributed by atoms with Gasteiger partial charge in [0.1, 0.15) is 13.0 Å². The summed E-state index contributed by atoms with van der Waals surface area (Å²) in [7, 11) is 0. The molecule has 1 aliphatic heterocycles. The molecule has 1 aromatic rings. The number of benzene rings is 1. The minimum Gasteiger partial charge on any atom is -0.445 e. The Hall–Kier alpha value is -2.55. The summed E-state index contributed by atoms with van der Waals surface area (Å²) in [6.45, 7) is 1.36. The Morgan fingerprint density at radius 3 is 2.59 bits per heavy atom. The molecular weight excluding hydrogens is 282 g/mol. The number of carbonyl (C=O) groups is 2. The second kappa shape index (κ2) is 8.03. The van der Waals surface area contributed by atoms with Crippen molar-refractivity contribution in [2.45, 2.75) is 31.9 Å². The fraction of sp³-hybridized carbons (Fsp3) is 0.438. The molecule has 1 fully saturated rings. The molecule has 0 saturated carbocycles. The standard InChI is InChI=1S/C16H19N3O3/c17-9-6-15(20)18-14-7-10-19(11-8-14)16(21)22-12-13-4-2-1-3-5-13/h1-5,14H,6-8,10-12H2,(H,18,20). The number of amides is 2. The molecule has 0 atom stereocenters. The van der Waals surface area contributed by atoms with E-state index in [0.29, 0.717) is 25.9 Å². The average Bonchev–Trinajstić information content (AvgIpc) is 2.54. The first-order valence-corrected chi connectivity index (χ1v) is 7.31. The highest BCUT2D eigenvalue weighted by Crippen LogP contribution is 2.12. The molecule has 1 N–H and O–H groups in total. The van der Waals surface area contributed by atoms with Gasteiger partial charge in [-0.2, -0.15) is 5.26 Å². The number of ether oxygens (including phenoxy) is 1. The number of hydrogen-bond donors (Lipinski definition) is 1. The number of hydrogen-bond acceptors (Lipinski definition) is 4. The summed E-state index contributed by atoms with van der Waals surface area (Å²) < 4.78 is 5.28. The molecule has 2 amide bonds. The lowest BCUT2D eigenvalue weighted by Gasteiger charge is -2.31. The maximum Gasteiger partial charge on any atom is 0.410 e. The Balaban J connectivity index is 1.71. The van der Waals surface area contributed by atoms with Crippen molar-refractivity contribution < 1.29 is 14.3 Å². The van der Waals surface area contributed by atoms with Crippen molar-refractivity contribution >= 4 is 12.0 Å². The van der Waals surface area contributed by atoms with Crippen molar-refractivity contribution in [3.05, 3.63) is 35.9 Å². The van der Waals surface area contributed by atoms with Crippen LogP contribution >= 0.6 is 0 Å². The van der Waals surface area contributed by atoms with Crippen molar-refractivity contribution in [3.63, 3.8) is 0 Å². The molecular formula is C16H19N3O3. The van der Waals surface area contributed by atoms with Crippen molar-refractivity contribution in [1.29, 1.82) is 5.26 Å². The Labute approximate surface area is 129 Å². The molecule has 1 aliphatic rings. The summed E-state index contributed by atoms with van der Waals surface area (Å²) in [6.07, 6.45) is 0.903. The van der Waals surface area contributed by atoms with Crippen molar-refractivity contribution in [3.8, 4) is 6.07 Å². The summed E-state index contributed by atoms with van der Waals surface area (Å²) in [4.78, 5) is 25.0. The molecule has 22 heavy (non-hydrogen) atoms. The van der Waals surface area contributed by atoms with Crippen LogP contribution in [0.1, 0.15) is 24.8 Å². The summed E-state index contributed by atoms with van der Waals surface area (Å²) in [5.74, 6) is -0.257. The third-order valence-electron chi connectivity index (χ3n) is 3.56. The number of nitrogens with one attached hydrogen (secondary N) is 1. The minimum absolute atomic E-state index is 0.0269. The first-order chi connectivity index (χ1) is 10.7. The van der Waals surface area contributed by atoms with Crippen LogP contribution < -0.4 is 5.32 Å². The van der Waals surface area contributed by atoms with Gasteiger partial charge in [-0.3, -0.25) is 4.79 Å². The van der Waals surface area contributed by atoms with E-state index in [1.54, 1.807) is 4.90 Å². The third kappa shape index (κ3) is 4.77. The van der Waals surface area contributed by atoms with Gasteiger partial charge in [0.2, 0.25) is 5.91 Å². The van der Waals surface area contributed by atoms with Crippen LogP contribution in [-0.4, -0.2) is 36.0 Å². The van der Waals surface area contributed by atoms with E-state index in [2.05, 4.69) is 5.32 Å². The summed E-state index contributed by atoms with van der Waals surface area (Å²) >= 11 is 0. The van der Waals surface area contributed by atoms with Crippen LogP contribution in [0.15, 0.2) is 30.3 Å². The number of likely N-dealkylation sites (tertiary alicyclic amines) is 1. The first kappa shape index (κ1) is 15.8. The van der Waals surface area contributed by atoms with Crippen LogP contribution in [0.2, 0.25) is 0 Å². The lowest BCUT2D eigenvalue weighted by atomic mass is 10.1. The fourth-order valence-electron chi connectivity index (χ4n) is 2.37. The van der Waals surface area contributed by atoms with Gasteiger partial charge in [-0.05, 0) is 18.4 Å².